The van der Waals surface area contributed by atoms with Crippen molar-refractivity contribution in [3.8, 4) is 0 Å². The largest absolute Gasteiger partial charge is 0.467 e. The molecule has 0 aromatic carbocycles. The summed E-state index contributed by atoms with van der Waals surface area (Å²) in [5.74, 6) is -0.405. The molecule has 0 unspecified atom stereocenters. The maximum atomic E-state index is 11.0. The monoisotopic (exact) mass is 185 g/mol. The van der Waals surface area contributed by atoms with Crippen LogP contribution in [0.5, 0.6) is 0 Å². The van der Waals surface area contributed by atoms with Crippen LogP contribution in [-0.2, 0) is 14.3 Å². The molecule has 0 saturated carbocycles. The first-order valence-electron chi connectivity index (χ1n) is 4.05. The molecule has 6 nitrogen and oxygen atoms in total. The quantitative estimate of drug-likeness (QED) is 0.282. The molecular weight excluding hydrogens is 174 g/mol. The number of hydrogen-bond donors (Lipinski definition) is 0. The fraction of sp³-hybridized carbons (Fsp3) is 0.857. The van der Waals surface area contributed by atoms with Crippen LogP contribution >= 0.6 is 0 Å². The number of rotatable bonds is 2. The molecule has 13 heavy (non-hydrogen) atoms. The average molecular weight is 185 g/mol. The van der Waals surface area contributed by atoms with Crippen LogP contribution in [0.3, 0.4) is 0 Å². The summed E-state index contributed by atoms with van der Waals surface area (Å²) in [6.45, 7) is 0. The van der Waals surface area contributed by atoms with Crippen LogP contribution in [0.2, 0.25) is 0 Å². The second-order valence-corrected chi connectivity index (χ2v) is 2.74. The van der Waals surface area contributed by atoms with Crippen molar-refractivity contribution in [2.45, 2.75) is 31.6 Å². The summed E-state index contributed by atoms with van der Waals surface area (Å²) >= 11 is 0. The van der Waals surface area contributed by atoms with Crippen molar-refractivity contribution in [3.63, 3.8) is 0 Å². The topological polar surface area (TPSA) is 84.3 Å². The summed E-state index contributed by atoms with van der Waals surface area (Å²) in [5, 5.41) is 3.40. The minimum Gasteiger partial charge on any atom is -0.467 e. The molecule has 0 amide bonds. The first kappa shape index (κ1) is 9.83. The molecule has 1 aliphatic heterocycles. The molecule has 72 valence electrons. The molecule has 0 aliphatic carbocycles. The number of carbonyl (C=O) groups excluding carboxylic acids is 1. The van der Waals surface area contributed by atoms with Crippen LogP contribution in [0.4, 0.5) is 0 Å². The minimum absolute atomic E-state index is 0.405. The van der Waals surface area contributed by atoms with Gasteiger partial charge in [-0.3, -0.25) is 0 Å². The summed E-state index contributed by atoms with van der Waals surface area (Å²) in [4.78, 5) is 13.7. The Morgan fingerprint density at radius 2 is 2.46 bits per heavy atom. The van der Waals surface area contributed by atoms with Crippen molar-refractivity contribution in [2.75, 3.05) is 7.11 Å². The van der Waals surface area contributed by atoms with E-state index in [2.05, 4.69) is 14.8 Å². The van der Waals surface area contributed by atoms with Crippen LogP contribution in [0.25, 0.3) is 10.4 Å². The molecule has 1 heterocycles. The van der Waals surface area contributed by atoms with E-state index in [1.54, 1.807) is 0 Å². The standard InChI is InChI=1S/C7H11N3O3/c1-12-7(11)5-3-2-4-6(13-5)9-10-8/h5-6H,2-4H2,1H3/t5-,6+/m0/s1. The van der Waals surface area contributed by atoms with E-state index in [1.807, 2.05) is 0 Å². The maximum absolute atomic E-state index is 11.0. The van der Waals surface area contributed by atoms with E-state index in [9.17, 15) is 4.79 Å². The molecular formula is C7H11N3O3. The average Bonchev–Trinajstić information content (AvgIpc) is 2.18. The molecule has 0 spiro atoms. The van der Waals surface area contributed by atoms with Crippen molar-refractivity contribution in [1.29, 1.82) is 0 Å². The lowest BCUT2D eigenvalue weighted by Gasteiger charge is -2.24. The van der Waals surface area contributed by atoms with Gasteiger partial charge in [-0.05, 0) is 24.8 Å². The van der Waals surface area contributed by atoms with Gasteiger partial charge in [0, 0.05) is 4.91 Å². The highest BCUT2D eigenvalue weighted by atomic mass is 16.6. The van der Waals surface area contributed by atoms with Gasteiger partial charge in [-0.2, -0.15) is 0 Å². The highest BCUT2D eigenvalue weighted by molar-refractivity contribution is 5.74. The van der Waals surface area contributed by atoms with Gasteiger partial charge in [0.05, 0.1) is 7.11 Å². The van der Waals surface area contributed by atoms with E-state index < -0.39 is 18.3 Å². The summed E-state index contributed by atoms with van der Waals surface area (Å²) in [5.41, 5.74) is 8.16. The third kappa shape index (κ3) is 2.61. The molecule has 1 saturated heterocycles. The van der Waals surface area contributed by atoms with E-state index in [-0.39, 0.29) is 0 Å². The first-order valence-corrected chi connectivity index (χ1v) is 4.05. The zero-order valence-corrected chi connectivity index (χ0v) is 7.34. The number of methoxy groups -OCH3 is 1. The van der Waals surface area contributed by atoms with Gasteiger partial charge in [0.15, 0.2) is 6.10 Å². The van der Waals surface area contributed by atoms with Crippen LogP contribution < -0.4 is 0 Å². The lowest BCUT2D eigenvalue weighted by atomic mass is 10.1. The highest BCUT2D eigenvalue weighted by Crippen LogP contribution is 2.20. The molecule has 1 aliphatic rings. The predicted octanol–water partition coefficient (Wildman–Crippen LogP) is 1.36. The Kier molecular flexibility index (Phi) is 3.54. The van der Waals surface area contributed by atoms with Gasteiger partial charge in [-0.1, -0.05) is 5.11 Å². The molecule has 0 N–H and O–H groups in total. The van der Waals surface area contributed by atoms with Crippen molar-refractivity contribution in [3.05, 3.63) is 10.4 Å². The second kappa shape index (κ2) is 4.69. The first-order chi connectivity index (χ1) is 6.27. The van der Waals surface area contributed by atoms with E-state index in [0.29, 0.717) is 12.8 Å². The molecule has 1 fully saturated rings. The second-order valence-electron chi connectivity index (χ2n) is 2.74. The van der Waals surface area contributed by atoms with Crippen LogP contribution in [0.15, 0.2) is 5.11 Å². The van der Waals surface area contributed by atoms with Crippen LogP contribution in [0, 0.1) is 0 Å². The van der Waals surface area contributed by atoms with Gasteiger partial charge in [-0.25, -0.2) is 4.79 Å². The summed E-state index contributed by atoms with van der Waals surface area (Å²) < 4.78 is 9.70. The van der Waals surface area contributed by atoms with Gasteiger partial charge in [-0.15, -0.1) is 0 Å². The molecule has 0 bridgehead atoms. The molecule has 2 atom stereocenters. The maximum Gasteiger partial charge on any atom is 0.334 e. The van der Waals surface area contributed by atoms with Crippen molar-refractivity contribution >= 4 is 5.97 Å². The zero-order valence-electron chi connectivity index (χ0n) is 7.34. The fourth-order valence-corrected chi connectivity index (χ4v) is 1.25. The van der Waals surface area contributed by atoms with Gasteiger partial charge in [0.1, 0.15) is 6.23 Å². The van der Waals surface area contributed by atoms with Gasteiger partial charge >= 0.3 is 5.97 Å². The number of carbonyl (C=O) groups is 1. The van der Waals surface area contributed by atoms with Crippen LogP contribution in [0.1, 0.15) is 19.3 Å². The smallest absolute Gasteiger partial charge is 0.334 e. The number of nitrogens with zero attached hydrogens (tertiary/aromatic N) is 3. The fourth-order valence-electron chi connectivity index (χ4n) is 1.25. The van der Waals surface area contributed by atoms with Crippen molar-refractivity contribution in [2.24, 2.45) is 5.11 Å². The Bertz CT molecular complexity index is 237. The number of azide groups is 1. The Hall–Kier alpha value is -1.26. The Morgan fingerprint density at radius 1 is 1.69 bits per heavy atom. The lowest BCUT2D eigenvalue weighted by molar-refractivity contribution is -0.162. The number of esters is 1. The third-order valence-corrected chi connectivity index (χ3v) is 1.88. The van der Waals surface area contributed by atoms with E-state index in [0.717, 1.165) is 6.42 Å². The van der Waals surface area contributed by atoms with Crippen molar-refractivity contribution < 1.29 is 14.3 Å². The molecule has 0 aromatic rings. The number of ether oxygens (including phenoxy) is 2. The molecule has 0 aromatic heterocycles. The normalized spacial score (nSPS) is 27.5. The Balaban J connectivity index is 2.50. The SMILES string of the molecule is COC(=O)[C@@H]1CCC[C@H](N=[N+]=[N-])O1. The van der Waals surface area contributed by atoms with Crippen molar-refractivity contribution in [1.82, 2.24) is 0 Å². The van der Waals surface area contributed by atoms with E-state index in [1.165, 1.54) is 7.11 Å². The van der Waals surface area contributed by atoms with Gasteiger partial charge in [0.2, 0.25) is 0 Å². The van der Waals surface area contributed by atoms with Gasteiger partial charge < -0.3 is 9.47 Å². The van der Waals surface area contributed by atoms with E-state index >= 15 is 0 Å². The highest BCUT2D eigenvalue weighted by Gasteiger charge is 2.27. The zero-order chi connectivity index (χ0) is 9.68. The number of hydrogen-bond acceptors (Lipinski definition) is 4. The minimum atomic E-state index is -0.575. The molecule has 0 radical (unpaired) electrons. The molecule has 6 heteroatoms. The Morgan fingerprint density at radius 3 is 3.08 bits per heavy atom. The summed E-state index contributed by atoms with van der Waals surface area (Å²) in [7, 11) is 1.31. The summed E-state index contributed by atoms with van der Waals surface area (Å²) in [6, 6.07) is 0. The van der Waals surface area contributed by atoms with E-state index in [4.69, 9.17) is 10.3 Å². The Labute approximate surface area is 75.4 Å². The molecule has 1 rings (SSSR count). The predicted molar refractivity (Wildman–Crippen MR) is 43.7 cm³/mol. The van der Waals surface area contributed by atoms with Crippen LogP contribution in [-0.4, -0.2) is 25.4 Å². The third-order valence-electron chi connectivity index (χ3n) is 1.88. The summed E-state index contributed by atoms with van der Waals surface area (Å²) in [6.07, 6.45) is 1.00. The lowest BCUT2D eigenvalue weighted by Crippen LogP contribution is -2.33. The van der Waals surface area contributed by atoms with Gasteiger partial charge in [0.25, 0.3) is 0 Å².